The largest absolute Gasteiger partial charge is 0.490 e. The number of para-hydroxylation sites is 1. The van der Waals surface area contributed by atoms with Gasteiger partial charge in [0.25, 0.3) is 0 Å². The van der Waals surface area contributed by atoms with Crippen LogP contribution < -0.4 is 9.47 Å². The van der Waals surface area contributed by atoms with Gasteiger partial charge < -0.3 is 14.4 Å². The van der Waals surface area contributed by atoms with Gasteiger partial charge in [-0.2, -0.15) is 0 Å². The second-order valence-corrected chi connectivity index (χ2v) is 8.55. The lowest BCUT2D eigenvalue weighted by atomic mass is 10.0. The van der Waals surface area contributed by atoms with E-state index < -0.39 is 0 Å². The molecule has 0 bridgehead atoms. The summed E-state index contributed by atoms with van der Waals surface area (Å²) in [6, 6.07) is 16.0. The van der Waals surface area contributed by atoms with Crippen molar-refractivity contribution in [3.05, 3.63) is 60.4 Å². The molecule has 1 atom stereocenters. The normalized spacial score (nSPS) is 18.1. The van der Waals surface area contributed by atoms with Crippen LogP contribution in [0.1, 0.15) is 30.9 Å². The molecule has 1 saturated heterocycles. The molecule has 2 aromatic carbocycles. The fourth-order valence-corrected chi connectivity index (χ4v) is 4.91. The molecule has 0 spiro atoms. The minimum Gasteiger partial charge on any atom is -0.490 e. The molecule has 2 aliphatic heterocycles. The first-order valence-corrected chi connectivity index (χ1v) is 11.6. The number of nitrogens with zero attached hydrogens (tertiary/aromatic N) is 4. The third-order valence-electron chi connectivity index (χ3n) is 5.61. The number of rotatable bonds is 5. The number of aromatic nitrogens is 3. The number of carbonyl (C=O) groups is 1. The molecule has 0 radical (unpaired) electrons. The first-order chi connectivity index (χ1) is 15.3. The summed E-state index contributed by atoms with van der Waals surface area (Å²) in [7, 11) is 0. The molecule has 0 unspecified atom stereocenters. The summed E-state index contributed by atoms with van der Waals surface area (Å²) in [5.74, 6) is 2.00. The molecule has 1 aromatic heterocycles. The fourth-order valence-electron chi connectivity index (χ4n) is 4.10. The molecule has 0 aliphatic carbocycles. The number of fused-ring (bicyclic) bond motifs is 1. The predicted octanol–water partition coefficient (Wildman–Crippen LogP) is 3.88. The van der Waals surface area contributed by atoms with E-state index in [0.717, 1.165) is 48.6 Å². The molecule has 2 aliphatic rings. The highest BCUT2D eigenvalue weighted by Gasteiger charge is 2.31. The molecule has 1 fully saturated rings. The Morgan fingerprint density at radius 1 is 1.06 bits per heavy atom. The Kier molecular flexibility index (Phi) is 5.80. The number of benzene rings is 2. The van der Waals surface area contributed by atoms with Gasteiger partial charge in [0.15, 0.2) is 16.7 Å². The van der Waals surface area contributed by atoms with E-state index in [0.29, 0.717) is 24.1 Å². The van der Waals surface area contributed by atoms with E-state index >= 15 is 0 Å². The SMILES string of the molecule is O=C(CSc1nncn1-c1ccccc1)N1CCC[C@H]1c1ccc2c(c1)OCCCO2. The van der Waals surface area contributed by atoms with Gasteiger partial charge in [-0.05, 0) is 42.7 Å². The van der Waals surface area contributed by atoms with E-state index in [1.165, 1.54) is 11.8 Å². The van der Waals surface area contributed by atoms with Crippen molar-refractivity contribution in [2.24, 2.45) is 0 Å². The highest BCUT2D eigenvalue weighted by Crippen LogP contribution is 2.38. The second-order valence-electron chi connectivity index (χ2n) is 7.61. The summed E-state index contributed by atoms with van der Waals surface area (Å²) >= 11 is 1.42. The number of carbonyl (C=O) groups excluding carboxylic acids is 1. The van der Waals surface area contributed by atoms with Crippen molar-refractivity contribution in [2.75, 3.05) is 25.5 Å². The van der Waals surface area contributed by atoms with Crippen LogP contribution in [-0.4, -0.2) is 51.1 Å². The fraction of sp³-hybridized carbons (Fsp3) is 0.348. The van der Waals surface area contributed by atoms with E-state index in [9.17, 15) is 4.79 Å². The van der Waals surface area contributed by atoms with Gasteiger partial charge in [0.2, 0.25) is 5.91 Å². The lowest BCUT2D eigenvalue weighted by molar-refractivity contribution is -0.129. The maximum Gasteiger partial charge on any atom is 0.233 e. The monoisotopic (exact) mass is 436 g/mol. The van der Waals surface area contributed by atoms with Gasteiger partial charge in [-0.25, -0.2) is 0 Å². The zero-order valence-electron chi connectivity index (χ0n) is 17.1. The number of hydrogen-bond donors (Lipinski definition) is 0. The Hall–Kier alpha value is -3.00. The van der Waals surface area contributed by atoms with Crippen molar-refractivity contribution < 1.29 is 14.3 Å². The Bertz CT molecular complexity index is 1060. The summed E-state index contributed by atoms with van der Waals surface area (Å²) in [4.78, 5) is 15.1. The lowest BCUT2D eigenvalue weighted by Gasteiger charge is -2.25. The summed E-state index contributed by atoms with van der Waals surface area (Å²) in [6.45, 7) is 2.09. The van der Waals surface area contributed by atoms with Crippen LogP contribution in [0.4, 0.5) is 0 Å². The molecule has 160 valence electrons. The van der Waals surface area contributed by atoms with E-state index in [-0.39, 0.29) is 11.9 Å². The van der Waals surface area contributed by atoms with Crippen molar-refractivity contribution >= 4 is 17.7 Å². The van der Waals surface area contributed by atoms with Crippen molar-refractivity contribution in [1.29, 1.82) is 0 Å². The van der Waals surface area contributed by atoms with Gasteiger partial charge in [-0.3, -0.25) is 9.36 Å². The van der Waals surface area contributed by atoms with E-state index in [4.69, 9.17) is 9.47 Å². The molecule has 7 nitrogen and oxygen atoms in total. The van der Waals surface area contributed by atoms with Crippen LogP contribution in [0.25, 0.3) is 5.69 Å². The number of hydrogen-bond acceptors (Lipinski definition) is 6. The molecular formula is C23H24N4O3S. The van der Waals surface area contributed by atoms with Crippen LogP contribution in [0, 0.1) is 0 Å². The zero-order valence-corrected chi connectivity index (χ0v) is 18.0. The number of thioether (sulfide) groups is 1. The van der Waals surface area contributed by atoms with Crippen LogP contribution in [0.5, 0.6) is 11.5 Å². The van der Waals surface area contributed by atoms with Crippen LogP contribution >= 0.6 is 11.8 Å². The van der Waals surface area contributed by atoms with Crippen molar-refractivity contribution in [3.8, 4) is 17.2 Å². The highest BCUT2D eigenvalue weighted by molar-refractivity contribution is 7.99. The van der Waals surface area contributed by atoms with Crippen molar-refractivity contribution in [1.82, 2.24) is 19.7 Å². The third-order valence-corrected chi connectivity index (χ3v) is 6.53. The van der Waals surface area contributed by atoms with E-state index in [1.807, 2.05) is 51.9 Å². The number of amides is 1. The van der Waals surface area contributed by atoms with E-state index in [1.54, 1.807) is 6.33 Å². The van der Waals surface area contributed by atoms with Gasteiger partial charge in [-0.15, -0.1) is 10.2 Å². The van der Waals surface area contributed by atoms with Gasteiger partial charge in [0.1, 0.15) is 6.33 Å². The second kappa shape index (κ2) is 9.01. The molecule has 0 saturated carbocycles. The van der Waals surface area contributed by atoms with Gasteiger partial charge in [-0.1, -0.05) is 36.0 Å². The molecular weight excluding hydrogens is 412 g/mol. The first kappa shape index (κ1) is 19.9. The van der Waals surface area contributed by atoms with Crippen LogP contribution in [0.3, 0.4) is 0 Å². The Morgan fingerprint density at radius 2 is 1.90 bits per heavy atom. The summed E-state index contributed by atoms with van der Waals surface area (Å²) in [6.07, 6.45) is 4.51. The van der Waals surface area contributed by atoms with Crippen LogP contribution in [0.15, 0.2) is 60.0 Å². The Morgan fingerprint density at radius 3 is 2.77 bits per heavy atom. The minimum atomic E-state index is 0.0669. The first-order valence-electron chi connectivity index (χ1n) is 10.6. The molecule has 3 heterocycles. The predicted molar refractivity (Wildman–Crippen MR) is 118 cm³/mol. The molecule has 3 aromatic rings. The molecule has 8 heteroatoms. The average Bonchev–Trinajstić information content (AvgIpc) is 3.43. The van der Waals surface area contributed by atoms with Crippen molar-refractivity contribution in [3.63, 3.8) is 0 Å². The van der Waals surface area contributed by atoms with Crippen LogP contribution in [-0.2, 0) is 4.79 Å². The average molecular weight is 437 g/mol. The topological polar surface area (TPSA) is 69.5 Å². The number of likely N-dealkylation sites (tertiary alicyclic amines) is 1. The third kappa shape index (κ3) is 4.25. The summed E-state index contributed by atoms with van der Waals surface area (Å²) in [5, 5.41) is 8.94. The minimum absolute atomic E-state index is 0.0669. The molecule has 31 heavy (non-hydrogen) atoms. The Balaban J connectivity index is 1.28. The highest BCUT2D eigenvalue weighted by atomic mass is 32.2. The number of ether oxygens (including phenoxy) is 2. The molecule has 0 N–H and O–H groups in total. The summed E-state index contributed by atoms with van der Waals surface area (Å²) < 4.78 is 13.5. The maximum atomic E-state index is 13.1. The van der Waals surface area contributed by atoms with Crippen LogP contribution in [0.2, 0.25) is 0 Å². The Labute approximate surface area is 185 Å². The molecule has 5 rings (SSSR count). The molecule has 1 amide bonds. The van der Waals surface area contributed by atoms with Crippen molar-refractivity contribution in [2.45, 2.75) is 30.5 Å². The summed E-state index contributed by atoms with van der Waals surface area (Å²) in [5.41, 5.74) is 2.08. The van der Waals surface area contributed by atoms with Gasteiger partial charge in [0.05, 0.1) is 25.0 Å². The van der Waals surface area contributed by atoms with E-state index in [2.05, 4.69) is 16.3 Å². The maximum absolute atomic E-state index is 13.1. The van der Waals surface area contributed by atoms with Gasteiger partial charge in [0, 0.05) is 18.7 Å². The lowest BCUT2D eigenvalue weighted by Crippen LogP contribution is -2.32. The standard InChI is InChI=1S/C23H24N4O3S/c28-22(15-31-23-25-24-16-27(23)18-6-2-1-3-7-18)26-11-4-8-19(26)17-9-10-20-21(14-17)30-13-5-12-29-20/h1-3,6-7,9-10,14,16,19H,4-5,8,11-13,15H2/t19-/m0/s1. The smallest absolute Gasteiger partial charge is 0.233 e. The quantitative estimate of drug-likeness (QED) is 0.566. The van der Waals surface area contributed by atoms with Gasteiger partial charge >= 0.3 is 0 Å². The zero-order chi connectivity index (χ0) is 21.0.